The van der Waals surface area contributed by atoms with Crippen molar-refractivity contribution in [2.45, 2.75) is 83.3 Å². The summed E-state index contributed by atoms with van der Waals surface area (Å²) in [6.07, 6.45) is 12.2. The standard InChI is InChI=1S/C20H36N4O3S/c1-3-4-5-6-7-8-9-10-11-12-13-24-16-17(21-20(24)28-15-14-25)23(2)19(27)22-18(16)26/h16-17,25H,3-15H2,1-2H3,(H,22,26,27). The number of rotatable bonds is 13. The second-order valence-corrected chi connectivity index (χ2v) is 8.68. The van der Waals surface area contributed by atoms with Crippen LogP contribution in [0.5, 0.6) is 0 Å². The number of aliphatic hydroxyl groups is 1. The molecule has 0 radical (unpaired) electrons. The predicted molar refractivity (Wildman–Crippen MR) is 114 cm³/mol. The summed E-state index contributed by atoms with van der Waals surface area (Å²) in [4.78, 5) is 32.4. The topological polar surface area (TPSA) is 85.2 Å². The van der Waals surface area contributed by atoms with Gasteiger partial charge in [0.2, 0.25) is 0 Å². The zero-order valence-corrected chi connectivity index (χ0v) is 18.2. The Hall–Kier alpha value is -1.28. The molecule has 0 aromatic rings. The smallest absolute Gasteiger partial charge is 0.325 e. The third kappa shape index (κ3) is 6.37. The summed E-state index contributed by atoms with van der Waals surface area (Å²) in [7, 11) is 1.67. The number of likely N-dealkylation sites (N-methyl/N-ethyl adjacent to an activating group) is 1. The number of hydrogen-bond acceptors (Lipinski definition) is 6. The van der Waals surface area contributed by atoms with Gasteiger partial charge in [-0.1, -0.05) is 76.5 Å². The van der Waals surface area contributed by atoms with Crippen molar-refractivity contribution < 1.29 is 14.7 Å². The van der Waals surface area contributed by atoms with Gasteiger partial charge in [-0.25, -0.2) is 9.79 Å². The number of unbranched alkanes of at least 4 members (excludes halogenated alkanes) is 9. The van der Waals surface area contributed by atoms with Crippen LogP contribution >= 0.6 is 11.8 Å². The molecule has 0 bridgehead atoms. The fourth-order valence-corrected chi connectivity index (χ4v) is 4.59. The van der Waals surface area contributed by atoms with Crippen molar-refractivity contribution in [3.8, 4) is 0 Å². The maximum absolute atomic E-state index is 12.4. The number of fused-ring (bicyclic) bond motifs is 1. The van der Waals surface area contributed by atoms with Crippen LogP contribution < -0.4 is 5.32 Å². The van der Waals surface area contributed by atoms with Gasteiger partial charge in [-0.05, 0) is 6.42 Å². The highest BCUT2D eigenvalue weighted by Crippen LogP contribution is 2.28. The summed E-state index contributed by atoms with van der Waals surface area (Å²) in [6, 6.07) is -0.857. The Morgan fingerprint density at radius 1 is 1.04 bits per heavy atom. The second-order valence-electron chi connectivity index (χ2n) is 7.62. The van der Waals surface area contributed by atoms with E-state index >= 15 is 0 Å². The van der Waals surface area contributed by atoms with Crippen molar-refractivity contribution in [3.05, 3.63) is 0 Å². The second kappa shape index (κ2) is 12.3. The number of imide groups is 1. The molecule has 160 valence electrons. The van der Waals surface area contributed by atoms with Gasteiger partial charge < -0.3 is 14.9 Å². The number of amides is 3. The third-order valence-electron chi connectivity index (χ3n) is 5.40. The molecule has 0 aliphatic carbocycles. The van der Waals surface area contributed by atoms with Crippen LogP contribution in [-0.4, -0.2) is 70.2 Å². The Labute approximate surface area is 173 Å². The first-order chi connectivity index (χ1) is 13.6. The van der Waals surface area contributed by atoms with E-state index in [4.69, 9.17) is 5.11 Å². The summed E-state index contributed by atoms with van der Waals surface area (Å²) in [5.74, 6) is 0.259. The average molecular weight is 413 g/mol. The van der Waals surface area contributed by atoms with E-state index in [-0.39, 0.29) is 12.5 Å². The van der Waals surface area contributed by atoms with Crippen LogP contribution in [0.15, 0.2) is 4.99 Å². The fourth-order valence-electron chi connectivity index (χ4n) is 3.76. The summed E-state index contributed by atoms with van der Waals surface area (Å²) in [5.41, 5.74) is 0. The SMILES string of the molecule is CCCCCCCCCCCCN1C(SCCO)=NC2C1C(=O)NC(=O)N2C. The van der Waals surface area contributed by atoms with Crippen molar-refractivity contribution in [2.24, 2.45) is 4.99 Å². The number of hydrogen-bond donors (Lipinski definition) is 2. The van der Waals surface area contributed by atoms with Gasteiger partial charge in [-0.3, -0.25) is 10.1 Å². The molecule has 0 aromatic heterocycles. The lowest BCUT2D eigenvalue weighted by atomic mass is 10.1. The Morgan fingerprint density at radius 2 is 1.64 bits per heavy atom. The van der Waals surface area contributed by atoms with Crippen LogP contribution in [0, 0.1) is 0 Å². The molecular formula is C20H36N4O3S. The molecule has 2 heterocycles. The number of aliphatic imine (C=N–C) groups is 1. The number of urea groups is 1. The van der Waals surface area contributed by atoms with Gasteiger partial charge >= 0.3 is 6.03 Å². The van der Waals surface area contributed by atoms with Gasteiger partial charge in [0.05, 0.1) is 6.61 Å². The van der Waals surface area contributed by atoms with E-state index in [1.165, 1.54) is 68.0 Å². The first-order valence-electron chi connectivity index (χ1n) is 10.8. The zero-order chi connectivity index (χ0) is 20.4. The van der Waals surface area contributed by atoms with Gasteiger partial charge in [-0.15, -0.1) is 0 Å². The number of carbonyl (C=O) groups is 2. The van der Waals surface area contributed by atoms with Crippen LogP contribution in [0.3, 0.4) is 0 Å². The van der Waals surface area contributed by atoms with E-state index in [9.17, 15) is 9.59 Å². The van der Waals surface area contributed by atoms with Crippen molar-refractivity contribution >= 4 is 28.9 Å². The van der Waals surface area contributed by atoms with Crippen molar-refractivity contribution in [3.63, 3.8) is 0 Å². The Morgan fingerprint density at radius 3 is 2.25 bits per heavy atom. The van der Waals surface area contributed by atoms with Crippen molar-refractivity contribution in [1.82, 2.24) is 15.1 Å². The third-order valence-corrected chi connectivity index (χ3v) is 6.38. The van der Waals surface area contributed by atoms with E-state index in [0.717, 1.165) is 24.6 Å². The molecule has 0 aromatic carbocycles. The molecule has 2 N–H and O–H groups in total. The molecule has 2 aliphatic rings. The Bertz CT molecular complexity index is 544. The van der Waals surface area contributed by atoms with Crippen LogP contribution in [0.25, 0.3) is 0 Å². The summed E-state index contributed by atoms with van der Waals surface area (Å²) < 4.78 is 0. The lowest BCUT2D eigenvalue weighted by molar-refractivity contribution is -0.127. The molecule has 8 heteroatoms. The first kappa shape index (κ1) is 23.0. The molecule has 7 nitrogen and oxygen atoms in total. The Kier molecular flexibility index (Phi) is 10.1. The predicted octanol–water partition coefficient (Wildman–Crippen LogP) is 3.18. The van der Waals surface area contributed by atoms with Gasteiger partial charge in [0.15, 0.2) is 17.4 Å². The number of nitrogens with zero attached hydrogens (tertiary/aromatic N) is 3. The number of thioether (sulfide) groups is 1. The minimum absolute atomic E-state index is 0.0616. The molecule has 0 spiro atoms. The molecule has 2 aliphatic heterocycles. The number of nitrogens with one attached hydrogen (secondary N) is 1. The molecule has 0 saturated carbocycles. The van der Waals surface area contributed by atoms with Crippen LogP contribution in [0.1, 0.15) is 71.1 Å². The van der Waals surface area contributed by atoms with Crippen LogP contribution in [-0.2, 0) is 4.79 Å². The minimum atomic E-state index is -0.467. The van der Waals surface area contributed by atoms with Gasteiger partial charge in [0, 0.05) is 19.3 Å². The molecule has 1 saturated heterocycles. The number of amidine groups is 1. The highest BCUT2D eigenvalue weighted by molar-refractivity contribution is 8.13. The largest absolute Gasteiger partial charge is 0.396 e. The molecule has 2 rings (SSSR count). The van der Waals surface area contributed by atoms with E-state index in [1.807, 2.05) is 4.90 Å². The monoisotopic (exact) mass is 412 g/mol. The normalized spacial score (nSPS) is 21.8. The maximum atomic E-state index is 12.4. The van der Waals surface area contributed by atoms with Gasteiger partial charge in [-0.2, -0.15) is 0 Å². The van der Waals surface area contributed by atoms with E-state index in [0.29, 0.717) is 5.75 Å². The molecule has 28 heavy (non-hydrogen) atoms. The highest BCUT2D eigenvalue weighted by atomic mass is 32.2. The Balaban J connectivity index is 1.76. The van der Waals surface area contributed by atoms with E-state index in [1.54, 1.807) is 7.05 Å². The van der Waals surface area contributed by atoms with Crippen molar-refractivity contribution in [1.29, 1.82) is 0 Å². The van der Waals surface area contributed by atoms with Crippen LogP contribution in [0.4, 0.5) is 4.79 Å². The summed E-state index contributed by atoms with van der Waals surface area (Å²) in [6.45, 7) is 3.06. The molecule has 3 amide bonds. The summed E-state index contributed by atoms with van der Waals surface area (Å²) in [5, 5.41) is 12.3. The van der Waals surface area contributed by atoms with Crippen molar-refractivity contribution in [2.75, 3.05) is 26.0 Å². The molecule has 1 fully saturated rings. The van der Waals surface area contributed by atoms with E-state index < -0.39 is 18.2 Å². The maximum Gasteiger partial charge on any atom is 0.325 e. The van der Waals surface area contributed by atoms with Crippen LogP contribution in [0.2, 0.25) is 0 Å². The number of carbonyl (C=O) groups excluding carboxylic acids is 2. The fraction of sp³-hybridized carbons (Fsp3) is 0.850. The number of aliphatic hydroxyl groups excluding tert-OH is 1. The van der Waals surface area contributed by atoms with Gasteiger partial charge in [0.25, 0.3) is 5.91 Å². The minimum Gasteiger partial charge on any atom is -0.396 e. The molecular weight excluding hydrogens is 376 g/mol. The molecule has 2 atom stereocenters. The van der Waals surface area contributed by atoms with E-state index in [2.05, 4.69) is 17.2 Å². The first-order valence-corrected chi connectivity index (χ1v) is 11.7. The lowest BCUT2D eigenvalue weighted by Crippen LogP contribution is -2.63. The quantitative estimate of drug-likeness (QED) is 0.454. The average Bonchev–Trinajstić information content (AvgIpc) is 3.05. The summed E-state index contributed by atoms with van der Waals surface area (Å²) >= 11 is 1.45. The zero-order valence-electron chi connectivity index (χ0n) is 17.4. The molecule has 2 unspecified atom stereocenters. The lowest BCUT2D eigenvalue weighted by Gasteiger charge is -2.36. The van der Waals surface area contributed by atoms with Gasteiger partial charge in [0.1, 0.15) is 0 Å². The highest BCUT2D eigenvalue weighted by Gasteiger charge is 2.48.